The number of hydrogen-bond donors (Lipinski definition) is 2. The van der Waals surface area contributed by atoms with Crippen molar-refractivity contribution in [2.75, 3.05) is 24.6 Å². The molecule has 1 fully saturated rings. The fourth-order valence-corrected chi connectivity index (χ4v) is 1.59. The monoisotopic (exact) mass is 206 g/mol. The van der Waals surface area contributed by atoms with Gasteiger partial charge in [0.2, 0.25) is 0 Å². The van der Waals surface area contributed by atoms with Crippen LogP contribution in [0.2, 0.25) is 0 Å². The van der Waals surface area contributed by atoms with E-state index in [1.165, 1.54) is 0 Å². The van der Waals surface area contributed by atoms with Crippen molar-refractivity contribution in [3.05, 3.63) is 24.4 Å². The molecule has 1 aromatic rings. The van der Waals surface area contributed by atoms with Crippen molar-refractivity contribution < 1.29 is 4.74 Å². The van der Waals surface area contributed by atoms with Crippen LogP contribution < -0.4 is 10.6 Å². The lowest BCUT2D eigenvalue weighted by Crippen LogP contribution is -2.48. The molecule has 0 radical (unpaired) electrons. The molecule has 0 bridgehead atoms. The van der Waals surface area contributed by atoms with Crippen LogP contribution in [0.3, 0.4) is 0 Å². The average Bonchev–Trinajstić information content (AvgIpc) is 2.30. The largest absolute Gasteiger partial charge is 0.385 e. The molecule has 2 rings (SSSR count). The van der Waals surface area contributed by atoms with Gasteiger partial charge in [-0.25, -0.2) is 4.98 Å². The number of ether oxygens (including phenoxy) is 1. The molecule has 80 valence electrons. The van der Waals surface area contributed by atoms with Crippen LogP contribution in [0.25, 0.3) is 0 Å². The molecule has 1 aliphatic rings. The Morgan fingerprint density at radius 3 is 3.13 bits per heavy atom. The van der Waals surface area contributed by atoms with Gasteiger partial charge in [-0.05, 0) is 12.1 Å². The fraction of sp³-hybridized carbons (Fsp3) is 0.400. The van der Waals surface area contributed by atoms with E-state index in [9.17, 15) is 0 Å². The van der Waals surface area contributed by atoms with Crippen molar-refractivity contribution >= 4 is 11.7 Å². The van der Waals surface area contributed by atoms with Gasteiger partial charge in [0.25, 0.3) is 0 Å². The Balaban J connectivity index is 2.08. The summed E-state index contributed by atoms with van der Waals surface area (Å²) in [7, 11) is 0. The van der Waals surface area contributed by atoms with E-state index in [2.05, 4.69) is 9.88 Å². The molecule has 5 nitrogen and oxygen atoms in total. The van der Waals surface area contributed by atoms with Crippen LogP contribution in [0.5, 0.6) is 0 Å². The SMILES string of the molecule is N=C(N)C1CN(c2ccccn2)CCO1. The van der Waals surface area contributed by atoms with E-state index in [4.69, 9.17) is 15.9 Å². The molecular formula is C10H14N4O. The summed E-state index contributed by atoms with van der Waals surface area (Å²) in [6, 6.07) is 5.77. The average molecular weight is 206 g/mol. The number of morpholine rings is 1. The molecule has 0 spiro atoms. The molecule has 15 heavy (non-hydrogen) atoms. The van der Waals surface area contributed by atoms with Gasteiger partial charge >= 0.3 is 0 Å². The van der Waals surface area contributed by atoms with Crippen LogP contribution in [-0.4, -0.2) is 36.6 Å². The van der Waals surface area contributed by atoms with Crippen molar-refractivity contribution in [2.45, 2.75) is 6.10 Å². The molecule has 0 saturated carbocycles. The first-order valence-electron chi connectivity index (χ1n) is 4.89. The maximum absolute atomic E-state index is 7.35. The number of nitrogens with one attached hydrogen (secondary N) is 1. The Bertz CT molecular complexity index is 341. The van der Waals surface area contributed by atoms with Gasteiger partial charge in [-0.1, -0.05) is 6.07 Å². The molecular weight excluding hydrogens is 192 g/mol. The summed E-state index contributed by atoms with van der Waals surface area (Å²) in [5, 5.41) is 7.35. The molecule has 1 aromatic heterocycles. The number of nitrogens with two attached hydrogens (primary N) is 1. The van der Waals surface area contributed by atoms with Crippen LogP contribution in [0.1, 0.15) is 0 Å². The second-order valence-corrected chi connectivity index (χ2v) is 3.45. The fourth-order valence-electron chi connectivity index (χ4n) is 1.59. The third-order valence-electron chi connectivity index (χ3n) is 2.39. The highest BCUT2D eigenvalue weighted by Gasteiger charge is 2.23. The maximum atomic E-state index is 7.35. The Morgan fingerprint density at radius 1 is 1.60 bits per heavy atom. The van der Waals surface area contributed by atoms with Crippen molar-refractivity contribution in [1.29, 1.82) is 5.41 Å². The second-order valence-electron chi connectivity index (χ2n) is 3.45. The van der Waals surface area contributed by atoms with Crippen molar-refractivity contribution in [1.82, 2.24) is 4.98 Å². The van der Waals surface area contributed by atoms with Crippen molar-refractivity contribution in [3.63, 3.8) is 0 Å². The van der Waals surface area contributed by atoms with E-state index < -0.39 is 0 Å². The topological polar surface area (TPSA) is 75.2 Å². The van der Waals surface area contributed by atoms with Gasteiger partial charge in [0.1, 0.15) is 17.8 Å². The Kier molecular flexibility index (Phi) is 2.82. The molecule has 3 N–H and O–H groups in total. The molecule has 0 aromatic carbocycles. The number of rotatable bonds is 2. The number of amidine groups is 1. The smallest absolute Gasteiger partial charge is 0.131 e. The highest BCUT2D eigenvalue weighted by Crippen LogP contribution is 2.13. The number of anilines is 1. The van der Waals surface area contributed by atoms with Crippen LogP contribution >= 0.6 is 0 Å². The molecule has 1 saturated heterocycles. The van der Waals surface area contributed by atoms with E-state index in [-0.39, 0.29) is 11.9 Å². The Morgan fingerprint density at radius 2 is 2.47 bits per heavy atom. The minimum absolute atomic E-state index is 0.0793. The predicted octanol–water partition coefficient (Wildman–Crippen LogP) is 0.223. The van der Waals surface area contributed by atoms with E-state index in [1.54, 1.807) is 6.20 Å². The number of pyridine rings is 1. The summed E-state index contributed by atoms with van der Waals surface area (Å²) in [5.74, 6) is 0.989. The van der Waals surface area contributed by atoms with Crippen LogP contribution in [-0.2, 0) is 4.74 Å². The van der Waals surface area contributed by atoms with Gasteiger partial charge in [-0.2, -0.15) is 0 Å². The van der Waals surface area contributed by atoms with Gasteiger partial charge in [-0.3, -0.25) is 5.41 Å². The van der Waals surface area contributed by atoms with Gasteiger partial charge in [0.15, 0.2) is 0 Å². The van der Waals surface area contributed by atoms with E-state index in [0.717, 1.165) is 12.4 Å². The predicted molar refractivity (Wildman–Crippen MR) is 58.1 cm³/mol. The molecule has 1 atom stereocenters. The van der Waals surface area contributed by atoms with Crippen LogP contribution in [0.15, 0.2) is 24.4 Å². The summed E-state index contributed by atoms with van der Waals surface area (Å²) >= 11 is 0. The minimum Gasteiger partial charge on any atom is -0.385 e. The quantitative estimate of drug-likeness (QED) is 0.536. The van der Waals surface area contributed by atoms with Crippen molar-refractivity contribution in [2.24, 2.45) is 5.73 Å². The summed E-state index contributed by atoms with van der Waals surface area (Å²) in [5.41, 5.74) is 5.42. The first kappa shape index (κ1) is 9.92. The number of aromatic nitrogens is 1. The van der Waals surface area contributed by atoms with Crippen LogP contribution in [0.4, 0.5) is 5.82 Å². The molecule has 1 aliphatic heterocycles. The highest BCUT2D eigenvalue weighted by atomic mass is 16.5. The minimum atomic E-state index is -0.305. The maximum Gasteiger partial charge on any atom is 0.131 e. The van der Waals surface area contributed by atoms with Gasteiger partial charge in [0.05, 0.1) is 13.2 Å². The Labute approximate surface area is 88.4 Å². The summed E-state index contributed by atoms with van der Waals surface area (Å²) in [6.45, 7) is 1.98. The van der Waals surface area contributed by atoms with Crippen molar-refractivity contribution in [3.8, 4) is 0 Å². The van der Waals surface area contributed by atoms with Crippen LogP contribution in [0, 0.1) is 5.41 Å². The first-order chi connectivity index (χ1) is 7.27. The lowest BCUT2D eigenvalue weighted by Gasteiger charge is -2.32. The zero-order valence-electron chi connectivity index (χ0n) is 8.39. The summed E-state index contributed by atoms with van der Waals surface area (Å²) in [4.78, 5) is 6.33. The lowest BCUT2D eigenvalue weighted by atomic mass is 10.2. The third-order valence-corrected chi connectivity index (χ3v) is 2.39. The summed E-state index contributed by atoms with van der Waals surface area (Å²) in [6.07, 6.45) is 1.45. The number of nitrogens with zero attached hydrogens (tertiary/aromatic N) is 2. The van der Waals surface area contributed by atoms with Gasteiger partial charge < -0.3 is 15.4 Å². The van der Waals surface area contributed by atoms with Gasteiger partial charge in [0, 0.05) is 12.7 Å². The molecule has 1 unspecified atom stereocenters. The highest BCUT2D eigenvalue weighted by molar-refractivity contribution is 5.82. The number of hydrogen-bond acceptors (Lipinski definition) is 4. The standard InChI is InChI=1S/C10H14N4O/c11-10(12)8-7-14(5-6-15-8)9-3-1-2-4-13-9/h1-4,8H,5-7H2,(H3,11,12). The Hall–Kier alpha value is -1.62. The van der Waals surface area contributed by atoms with E-state index in [0.29, 0.717) is 13.2 Å². The molecule has 0 aliphatic carbocycles. The summed E-state index contributed by atoms with van der Waals surface area (Å²) < 4.78 is 5.37. The first-order valence-corrected chi connectivity index (χ1v) is 4.89. The van der Waals surface area contributed by atoms with E-state index in [1.807, 2.05) is 18.2 Å². The zero-order chi connectivity index (χ0) is 10.7. The lowest BCUT2D eigenvalue weighted by molar-refractivity contribution is 0.0823. The molecule has 0 amide bonds. The van der Waals surface area contributed by atoms with E-state index >= 15 is 0 Å². The normalized spacial score (nSPS) is 21.3. The van der Waals surface area contributed by atoms with Gasteiger partial charge in [-0.15, -0.1) is 0 Å². The third kappa shape index (κ3) is 2.24. The molecule has 5 heteroatoms. The zero-order valence-corrected chi connectivity index (χ0v) is 8.39. The second kappa shape index (κ2) is 4.27. The molecule has 2 heterocycles.